The molecule has 27 nitrogen and oxygen atoms in total. The lowest BCUT2D eigenvalue weighted by atomic mass is 9.97. The number of benzene rings is 2. The highest BCUT2D eigenvalue weighted by Crippen LogP contribution is 2.44. The van der Waals surface area contributed by atoms with Crippen LogP contribution in [0.2, 0.25) is 0 Å². The second-order valence-corrected chi connectivity index (χ2v) is 16.0. The molecule has 4 aliphatic heterocycles. The van der Waals surface area contributed by atoms with E-state index in [2.05, 4.69) is 0 Å². The average Bonchev–Trinajstić information content (AvgIpc) is 3.28. The maximum atomic E-state index is 14.4. The number of aromatic hydroxyl groups is 4. The molecule has 4 saturated heterocycles. The minimum absolute atomic E-state index is 0.401. The third-order valence-corrected chi connectivity index (χ3v) is 11.6. The van der Waals surface area contributed by atoms with Crippen LogP contribution >= 0.6 is 0 Å². The van der Waals surface area contributed by atoms with E-state index in [-0.39, 0.29) is 0 Å². The van der Waals surface area contributed by atoms with Crippen LogP contribution in [0.25, 0.3) is 22.3 Å². The van der Waals surface area contributed by atoms with Gasteiger partial charge >= 0.3 is 0 Å². The summed E-state index contributed by atoms with van der Waals surface area (Å²) in [5.41, 5.74) is -2.24. The second-order valence-electron chi connectivity index (χ2n) is 16.0. The number of phenols is 4. The van der Waals surface area contributed by atoms with E-state index in [9.17, 15) is 91.6 Å². The van der Waals surface area contributed by atoms with Crippen LogP contribution in [0, 0.1) is 0 Å². The van der Waals surface area contributed by atoms with Gasteiger partial charge in [0.15, 0.2) is 41.7 Å². The Morgan fingerprint density at radius 3 is 1.52 bits per heavy atom. The number of hydrogen-bond donors (Lipinski definition) is 17. The molecule has 368 valence electrons. The lowest BCUT2D eigenvalue weighted by molar-refractivity contribution is -0.358. The van der Waals surface area contributed by atoms with E-state index in [1.54, 1.807) is 0 Å². The van der Waals surface area contributed by atoms with Gasteiger partial charge < -0.3 is 129 Å². The number of rotatable bonds is 12. The molecular formula is C39H50O27. The van der Waals surface area contributed by atoms with Crippen LogP contribution in [0.3, 0.4) is 0 Å². The maximum Gasteiger partial charge on any atom is 0.239 e. The van der Waals surface area contributed by atoms with Crippen LogP contribution < -0.4 is 14.9 Å². The monoisotopic (exact) mass is 950 g/mol. The third kappa shape index (κ3) is 9.18. The Balaban J connectivity index is 1.22. The van der Waals surface area contributed by atoms with Gasteiger partial charge in [-0.15, -0.1) is 0 Å². The molecule has 0 unspecified atom stereocenters. The smallest absolute Gasteiger partial charge is 0.239 e. The number of hydrogen-bond acceptors (Lipinski definition) is 27. The average molecular weight is 951 g/mol. The van der Waals surface area contributed by atoms with E-state index in [0.717, 1.165) is 24.3 Å². The van der Waals surface area contributed by atoms with Crippen molar-refractivity contribution < 1.29 is 129 Å². The molecule has 0 bridgehead atoms. The molecule has 20 atom stereocenters. The minimum Gasteiger partial charge on any atom is -0.507 e. The van der Waals surface area contributed by atoms with Gasteiger partial charge in [-0.1, -0.05) is 0 Å². The number of fused-ring (bicyclic) bond motifs is 1. The van der Waals surface area contributed by atoms with Gasteiger partial charge in [-0.05, 0) is 19.1 Å². The van der Waals surface area contributed by atoms with Crippen molar-refractivity contribution in [3.8, 4) is 45.8 Å². The first-order valence-corrected chi connectivity index (χ1v) is 20.2. The first-order chi connectivity index (χ1) is 31.2. The molecule has 0 saturated carbocycles. The second kappa shape index (κ2) is 19.7. The van der Waals surface area contributed by atoms with Crippen LogP contribution in [0.4, 0.5) is 0 Å². The molecule has 2 aromatic carbocycles. The van der Waals surface area contributed by atoms with Gasteiger partial charge in [0.2, 0.25) is 23.8 Å². The van der Waals surface area contributed by atoms with Crippen molar-refractivity contribution in [3.63, 3.8) is 0 Å². The zero-order valence-electron chi connectivity index (χ0n) is 34.2. The maximum absolute atomic E-state index is 14.4. The Labute approximate surface area is 369 Å². The Kier molecular flexibility index (Phi) is 14.8. The predicted molar refractivity (Wildman–Crippen MR) is 207 cm³/mol. The van der Waals surface area contributed by atoms with E-state index in [1.807, 2.05) is 0 Å². The summed E-state index contributed by atoms with van der Waals surface area (Å²) in [6, 6.07) is 3.41. The molecule has 0 aliphatic carbocycles. The van der Waals surface area contributed by atoms with Gasteiger partial charge in [0.25, 0.3) is 0 Å². The summed E-state index contributed by atoms with van der Waals surface area (Å²) < 4.78 is 51.0. The van der Waals surface area contributed by atoms with Gasteiger partial charge in [-0.25, -0.2) is 0 Å². The molecule has 17 N–H and O–H groups in total. The number of phenolic OH excluding ortho intramolecular Hbond substituents is 4. The SMILES string of the molecule is C[C@@H]1O[C@@H](Oc2cc(O)c3c(=O)c(O[C@@H]4O[C@H](CO)[C@@H](O)[C@H](O)[C@H]4O[C@@H]4O[C@H](CO)[C@@H](O)[C@H](O)[C@H]4O)c(-c4cc(O)c(O)c(O)c4)oc3c2)[C@H](O)[C@H](O)[C@H]1O[C@@H]1O[C@H](CO)[C@@H](O)[C@H](O)[C@H]1O. The lowest BCUT2D eigenvalue weighted by Gasteiger charge is -2.45. The van der Waals surface area contributed by atoms with E-state index in [1.165, 1.54) is 6.92 Å². The topological polar surface area (TPSA) is 448 Å². The van der Waals surface area contributed by atoms with E-state index in [4.69, 9.17) is 42.3 Å². The molecule has 5 heterocycles. The summed E-state index contributed by atoms with van der Waals surface area (Å²) in [4.78, 5) is 14.4. The van der Waals surface area contributed by atoms with Crippen LogP contribution in [0.5, 0.6) is 34.5 Å². The highest BCUT2D eigenvalue weighted by atomic mass is 16.8. The summed E-state index contributed by atoms with van der Waals surface area (Å²) in [6.45, 7) is -1.30. The zero-order chi connectivity index (χ0) is 48.2. The van der Waals surface area contributed by atoms with Crippen molar-refractivity contribution in [2.75, 3.05) is 19.8 Å². The fourth-order valence-corrected chi connectivity index (χ4v) is 7.86. The molecule has 7 rings (SSSR count). The largest absolute Gasteiger partial charge is 0.507 e. The predicted octanol–water partition coefficient (Wildman–Crippen LogP) is -6.68. The molecule has 4 fully saturated rings. The molecule has 0 radical (unpaired) electrons. The van der Waals surface area contributed by atoms with Gasteiger partial charge in [0, 0.05) is 17.7 Å². The first-order valence-electron chi connectivity index (χ1n) is 20.2. The van der Waals surface area contributed by atoms with Crippen LogP contribution in [0.1, 0.15) is 6.92 Å². The molecule has 66 heavy (non-hydrogen) atoms. The number of aliphatic hydroxyl groups excluding tert-OH is 13. The van der Waals surface area contributed by atoms with Crippen LogP contribution in [-0.2, 0) is 28.4 Å². The van der Waals surface area contributed by atoms with E-state index in [0.29, 0.717) is 0 Å². The summed E-state index contributed by atoms with van der Waals surface area (Å²) in [5, 5.41) is 177. The van der Waals surface area contributed by atoms with Crippen molar-refractivity contribution in [1.82, 2.24) is 0 Å². The Bertz CT molecular complexity index is 2200. The van der Waals surface area contributed by atoms with Crippen LogP contribution in [0.15, 0.2) is 33.5 Å². The number of ether oxygens (including phenoxy) is 8. The van der Waals surface area contributed by atoms with E-state index < -0.39 is 205 Å². The Morgan fingerprint density at radius 1 is 0.515 bits per heavy atom. The van der Waals surface area contributed by atoms with Crippen molar-refractivity contribution in [1.29, 1.82) is 0 Å². The van der Waals surface area contributed by atoms with Gasteiger partial charge in [0.1, 0.15) is 108 Å². The summed E-state index contributed by atoms with van der Waals surface area (Å²) in [6.07, 6.45) is -36.1. The lowest BCUT2D eigenvalue weighted by Crippen LogP contribution is -2.65. The molecule has 3 aromatic rings. The summed E-state index contributed by atoms with van der Waals surface area (Å²) >= 11 is 0. The van der Waals surface area contributed by atoms with Gasteiger partial charge in [-0.2, -0.15) is 0 Å². The first kappa shape index (κ1) is 49.6. The quantitative estimate of drug-likeness (QED) is 0.0750. The fraction of sp³-hybridized carbons (Fsp3) is 0.615. The summed E-state index contributed by atoms with van der Waals surface area (Å²) in [7, 11) is 0. The molecular weight excluding hydrogens is 900 g/mol. The minimum atomic E-state index is -2.14. The van der Waals surface area contributed by atoms with Gasteiger partial charge in [-0.3, -0.25) is 4.79 Å². The molecule has 27 heteroatoms. The van der Waals surface area contributed by atoms with Crippen LogP contribution in [-0.4, -0.2) is 229 Å². The fourth-order valence-electron chi connectivity index (χ4n) is 7.86. The third-order valence-electron chi connectivity index (χ3n) is 11.6. The summed E-state index contributed by atoms with van der Waals surface area (Å²) in [5.74, 6) is -5.92. The Hall–Kier alpha value is -4.31. The van der Waals surface area contributed by atoms with Crippen molar-refractivity contribution in [3.05, 3.63) is 34.5 Å². The molecule has 0 spiro atoms. The highest BCUT2D eigenvalue weighted by Gasteiger charge is 2.53. The highest BCUT2D eigenvalue weighted by molar-refractivity contribution is 5.88. The molecule has 1 aromatic heterocycles. The normalized spacial score (nSPS) is 39.7. The zero-order valence-corrected chi connectivity index (χ0v) is 34.2. The van der Waals surface area contributed by atoms with Gasteiger partial charge in [0.05, 0.1) is 25.9 Å². The van der Waals surface area contributed by atoms with Crippen molar-refractivity contribution in [2.24, 2.45) is 0 Å². The number of aliphatic hydroxyl groups is 13. The molecule has 4 aliphatic rings. The standard InChI is InChI=1S/C39H50O27/c1-9-32(64-37-29(55)25(51)21(47)16(6-40)61-37)28(54)31(57)36(58-9)59-11-4-12(43)19-15(5-11)60-33(10-2-13(44)20(46)14(45)3-10)34(24(19)50)65-39-35(27(53)23(49)18(8-42)63-39)66-38-30(56)26(52)22(48)17(7-41)62-38/h2-5,9,16-18,21-23,25-32,35-49,51-57H,6-8H2,1H3/t9-,16+,17+,18+,21+,22+,23+,25-,26-,27-,28-,29+,30+,31+,32-,35+,36-,37-,38-,39-/m0/s1. The van der Waals surface area contributed by atoms with Crippen molar-refractivity contribution >= 4 is 11.0 Å². The van der Waals surface area contributed by atoms with Crippen molar-refractivity contribution in [2.45, 2.75) is 130 Å². The van der Waals surface area contributed by atoms with E-state index >= 15 is 0 Å². The Morgan fingerprint density at radius 2 is 0.985 bits per heavy atom. The molecule has 0 amide bonds.